The molecule has 0 aromatic heterocycles. The van der Waals surface area contributed by atoms with Crippen molar-refractivity contribution in [3.05, 3.63) is 34.9 Å². The molecule has 0 heterocycles. The summed E-state index contributed by atoms with van der Waals surface area (Å²) < 4.78 is 0. The van der Waals surface area contributed by atoms with E-state index in [2.05, 4.69) is 20.8 Å². The average Bonchev–Trinajstić information content (AvgIpc) is 2.43. The number of carboxylic acid groups (broad SMARTS) is 1. The summed E-state index contributed by atoms with van der Waals surface area (Å²) in [7, 11) is 0. The number of benzene rings is 1. The topological polar surface area (TPSA) is 37.3 Å². The molecular weight excluding hydrogens is 260 g/mol. The molecule has 0 spiro atoms. The highest BCUT2D eigenvalue weighted by molar-refractivity contribution is 5.87. The van der Waals surface area contributed by atoms with Crippen LogP contribution in [0.5, 0.6) is 0 Å². The Morgan fingerprint density at radius 2 is 1.67 bits per heavy atom. The zero-order valence-corrected chi connectivity index (χ0v) is 13.8. The molecule has 2 heteroatoms. The van der Waals surface area contributed by atoms with Gasteiger partial charge in [0, 0.05) is 0 Å². The molecule has 0 fully saturated rings. The summed E-state index contributed by atoms with van der Waals surface area (Å²) >= 11 is 0. The molecule has 118 valence electrons. The highest BCUT2D eigenvalue weighted by Gasteiger charge is 2.06. The minimum absolute atomic E-state index is 0.407. The van der Waals surface area contributed by atoms with E-state index < -0.39 is 5.97 Å². The van der Waals surface area contributed by atoms with Crippen molar-refractivity contribution in [2.45, 2.75) is 72.1 Å². The Balaban J connectivity index is 2.21. The van der Waals surface area contributed by atoms with E-state index in [1.807, 2.05) is 12.1 Å². The number of hydrogen-bond acceptors (Lipinski definition) is 1. The van der Waals surface area contributed by atoms with Gasteiger partial charge in [-0.25, -0.2) is 4.79 Å². The molecule has 0 atom stereocenters. The van der Waals surface area contributed by atoms with E-state index >= 15 is 0 Å². The van der Waals surface area contributed by atoms with Crippen LogP contribution in [0.2, 0.25) is 0 Å². The lowest BCUT2D eigenvalue weighted by molar-refractivity contribution is 0.0696. The highest BCUT2D eigenvalue weighted by Crippen LogP contribution is 2.16. The summed E-state index contributed by atoms with van der Waals surface area (Å²) in [4.78, 5) is 11.0. The predicted octanol–water partition coefficient (Wildman–Crippen LogP) is 5.62. The Kier molecular flexibility index (Phi) is 8.11. The molecule has 0 bridgehead atoms. The Labute approximate surface area is 129 Å². The SMILES string of the molecule is Cc1ccc(C(=O)O)cc1CCCCCCCCC(C)C. The van der Waals surface area contributed by atoms with Crippen molar-refractivity contribution >= 4 is 5.97 Å². The van der Waals surface area contributed by atoms with Crippen molar-refractivity contribution in [1.29, 1.82) is 0 Å². The zero-order valence-electron chi connectivity index (χ0n) is 13.8. The normalized spacial score (nSPS) is 11.0. The number of carboxylic acids is 1. The van der Waals surface area contributed by atoms with Gasteiger partial charge in [-0.2, -0.15) is 0 Å². The number of carbonyl (C=O) groups is 1. The summed E-state index contributed by atoms with van der Waals surface area (Å²) in [6, 6.07) is 5.45. The summed E-state index contributed by atoms with van der Waals surface area (Å²) in [6.07, 6.45) is 10.1. The average molecular weight is 290 g/mol. The van der Waals surface area contributed by atoms with Crippen LogP contribution in [0.15, 0.2) is 18.2 Å². The van der Waals surface area contributed by atoms with Crippen LogP contribution in [-0.2, 0) is 6.42 Å². The van der Waals surface area contributed by atoms with Gasteiger partial charge in [-0.3, -0.25) is 0 Å². The first kappa shape index (κ1) is 17.7. The van der Waals surface area contributed by atoms with Gasteiger partial charge in [-0.15, -0.1) is 0 Å². The summed E-state index contributed by atoms with van der Waals surface area (Å²) in [5, 5.41) is 9.03. The number of rotatable bonds is 10. The fourth-order valence-electron chi connectivity index (χ4n) is 2.65. The summed E-state index contributed by atoms with van der Waals surface area (Å²) in [6.45, 7) is 6.63. The van der Waals surface area contributed by atoms with Gasteiger partial charge in [0.2, 0.25) is 0 Å². The molecule has 0 saturated carbocycles. The lowest BCUT2D eigenvalue weighted by Gasteiger charge is -2.07. The van der Waals surface area contributed by atoms with E-state index in [-0.39, 0.29) is 0 Å². The number of unbranched alkanes of at least 4 members (excludes halogenated alkanes) is 5. The highest BCUT2D eigenvalue weighted by atomic mass is 16.4. The van der Waals surface area contributed by atoms with E-state index in [0.717, 1.165) is 18.8 Å². The molecule has 0 radical (unpaired) electrons. The van der Waals surface area contributed by atoms with Gasteiger partial charge < -0.3 is 5.11 Å². The van der Waals surface area contributed by atoms with E-state index in [9.17, 15) is 4.79 Å². The van der Waals surface area contributed by atoms with Crippen LogP contribution in [-0.4, -0.2) is 11.1 Å². The minimum atomic E-state index is -0.832. The van der Waals surface area contributed by atoms with Crippen LogP contribution in [0.4, 0.5) is 0 Å². The Morgan fingerprint density at radius 1 is 1.05 bits per heavy atom. The van der Waals surface area contributed by atoms with E-state index in [4.69, 9.17) is 5.11 Å². The molecule has 0 amide bonds. The van der Waals surface area contributed by atoms with Gasteiger partial charge in [-0.1, -0.05) is 58.4 Å². The third-order valence-electron chi connectivity index (χ3n) is 4.07. The van der Waals surface area contributed by atoms with Crippen molar-refractivity contribution in [3.8, 4) is 0 Å². The van der Waals surface area contributed by atoms with E-state index in [0.29, 0.717) is 5.56 Å². The Hall–Kier alpha value is -1.31. The largest absolute Gasteiger partial charge is 0.478 e. The van der Waals surface area contributed by atoms with Crippen molar-refractivity contribution in [2.75, 3.05) is 0 Å². The van der Waals surface area contributed by atoms with Crippen LogP contribution in [0.3, 0.4) is 0 Å². The molecule has 1 aromatic carbocycles. The minimum Gasteiger partial charge on any atom is -0.478 e. The molecule has 0 aliphatic carbocycles. The van der Waals surface area contributed by atoms with Crippen molar-refractivity contribution in [1.82, 2.24) is 0 Å². The molecule has 2 nitrogen and oxygen atoms in total. The van der Waals surface area contributed by atoms with Gasteiger partial charge in [0.25, 0.3) is 0 Å². The summed E-state index contributed by atoms with van der Waals surface area (Å²) in [5.41, 5.74) is 2.80. The van der Waals surface area contributed by atoms with E-state index in [1.54, 1.807) is 6.07 Å². The fraction of sp³-hybridized carbons (Fsp3) is 0.632. The number of aryl methyl sites for hydroxylation is 2. The maximum atomic E-state index is 11.0. The van der Waals surface area contributed by atoms with Gasteiger partial charge in [0.05, 0.1) is 5.56 Å². The molecule has 0 aliphatic heterocycles. The van der Waals surface area contributed by atoms with Crippen LogP contribution in [0.1, 0.15) is 80.3 Å². The van der Waals surface area contributed by atoms with Crippen molar-refractivity contribution < 1.29 is 9.90 Å². The van der Waals surface area contributed by atoms with Gasteiger partial charge >= 0.3 is 5.97 Å². The molecule has 0 saturated heterocycles. The van der Waals surface area contributed by atoms with Crippen LogP contribution in [0.25, 0.3) is 0 Å². The number of aromatic carboxylic acids is 1. The van der Waals surface area contributed by atoms with Gasteiger partial charge in [-0.05, 0) is 48.9 Å². The molecule has 0 aliphatic rings. The first-order valence-electron chi connectivity index (χ1n) is 8.33. The maximum absolute atomic E-state index is 11.0. The molecular formula is C19H30O2. The molecule has 1 rings (SSSR count). The Morgan fingerprint density at radius 3 is 2.29 bits per heavy atom. The quantitative estimate of drug-likeness (QED) is 0.568. The van der Waals surface area contributed by atoms with Gasteiger partial charge in [0.15, 0.2) is 0 Å². The summed E-state index contributed by atoms with van der Waals surface area (Å²) in [5.74, 6) is -0.00381. The van der Waals surface area contributed by atoms with Crippen LogP contribution >= 0.6 is 0 Å². The second kappa shape index (κ2) is 9.59. The van der Waals surface area contributed by atoms with Crippen LogP contribution in [0, 0.1) is 12.8 Å². The fourth-order valence-corrected chi connectivity index (χ4v) is 2.65. The molecule has 1 aromatic rings. The molecule has 21 heavy (non-hydrogen) atoms. The monoisotopic (exact) mass is 290 g/mol. The maximum Gasteiger partial charge on any atom is 0.335 e. The standard InChI is InChI=1S/C19H30O2/c1-15(2)10-8-6-4-5-7-9-11-17-14-18(19(20)21)13-12-16(17)3/h12-15H,4-11H2,1-3H3,(H,20,21). The first-order chi connectivity index (χ1) is 10.0. The molecule has 1 N–H and O–H groups in total. The predicted molar refractivity (Wildman–Crippen MR) is 89.0 cm³/mol. The zero-order chi connectivity index (χ0) is 15.7. The van der Waals surface area contributed by atoms with Gasteiger partial charge in [0.1, 0.15) is 0 Å². The van der Waals surface area contributed by atoms with E-state index in [1.165, 1.54) is 49.7 Å². The first-order valence-corrected chi connectivity index (χ1v) is 8.33. The number of hydrogen-bond donors (Lipinski definition) is 1. The second-order valence-corrected chi connectivity index (χ2v) is 6.50. The smallest absolute Gasteiger partial charge is 0.335 e. The van der Waals surface area contributed by atoms with Crippen molar-refractivity contribution in [2.24, 2.45) is 5.92 Å². The van der Waals surface area contributed by atoms with Crippen molar-refractivity contribution in [3.63, 3.8) is 0 Å². The van der Waals surface area contributed by atoms with Crippen LogP contribution < -0.4 is 0 Å². The third-order valence-corrected chi connectivity index (χ3v) is 4.07. The lowest BCUT2D eigenvalue weighted by Crippen LogP contribution is -1.99. The molecule has 0 unspecified atom stereocenters. The third kappa shape index (κ3) is 7.31. The Bertz CT molecular complexity index is 435. The lowest BCUT2D eigenvalue weighted by atomic mass is 9.98. The second-order valence-electron chi connectivity index (χ2n) is 6.50.